The number of aromatic nitrogens is 3. The van der Waals surface area contributed by atoms with Crippen LogP contribution in [0.1, 0.15) is 38.1 Å². The first-order valence-electron chi connectivity index (χ1n) is 7.18. The smallest absolute Gasteiger partial charge is 0.216 e. The van der Waals surface area contributed by atoms with Crippen LogP contribution in [-0.2, 0) is 6.42 Å². The Morgan fingerprint density at radius 3 is 2.76 bits per heavy atom. The topological polar surface area (TPSA) is 55.2 Å². The predicted molar refractivity (Wildman–Crippen MR) is 86.6 cm³/mol. The lowest BCUT2D eigenvalue weighted by Crippen LogP contribution is -1.98. The van der Waals surface area contributed by atoms with E-state index in [0.29, 0.717) is 4.77 Å². The number of ether oxygens (including phenoxy) is 1. The highest BCUT2D eigenvalue weighted by Crippen LogP contribution is 2.12. The minimum Gasteiger partial charge on any atom is -0.494 e. The normalized spacial score (nSPS) is 11.1. The van der Waals surface area contributed by atoms with Gasteiger partial charge in [-0.05, 0) is 48.5 Å². The van der Waals surface area contributed by atoms with Gasteiger partial charge in [-0.2, -0.15) is 14.9 Å². The zero-order chi connectivity index (χ0) is 15.1. The zero-order valence-electron chi connectivity index (χ0n) is 12.4. The van der Waals surface area contributed by atoms with Crippen LogP contribution in [0.15, 0.2) is 29.4 Å². The molecule has 112 valence electrons. The number of aromatic amines is 1. The number of hydrogen-bond donors (Lipinski definition) is 1. The molecule has 1 heterocycles. The first kappa shape index (κ1) is 15.4. The molecule has 0 aliphatic heterocycles. The Balaban J connectivity index is 2.04. The number of nitrogens with one attached hydrogen (secondary N) is 1. The van der Waals surface area contributed by atoms with Gasteiger partial charge in [0, 0.05) is 6.42 Å². The summed E-state index contributed by atoms with van der Waals surface area (Å²) in [6.07, 6.45) is 4.74. The van der Waals surface area contributed by atoms with Crippen LogP contribution < -0.4 is 4.74 Å². The molecule has 0 fully saturated rings. The second-order valence-corrected chi connectivity index (χ2v) is 5.01. The molecule has 5 nitrogen and oxygen atoms in total. The van der Waals surface area contributed by atoms with Crippen molar-refractivity contribution in [1.82, 2.24) is 14.9 Å². The predicted octanol–water partition coefficient (Wildman–Crippen LogP) is 3.56. The third-order valence-electron chi connectivity index (χ3n) is 3.00. The Morgan fingerprint density at radius 1 is 1.33 bits per heavy atom. The molecule has 6 heteroatoms. The summed E-state index contributed by atoms with van der Waals surface area (Å²) in [6, 6.07) is 7.85. The standard InChI is InChI=1S/C15H20N4OS/c1-3-5-10-20-13-8-6-12(7-9-13)11-16-19-14(4-2)17-18-15(19)21/h6-9,11H,3-5,10H2,1-2H3,(H,18,21)/b16-11+. The second kappa shape index (κ2) is 7.73. The molecule has 0 spiro atoms. The largest absolute Gasteiger partial charge is 0.494 e. The van der Waals surface area contributed by atoms with E-state index in [1.807, 2.05) is 31.2 Å². The third-order valence-corrected chi connectivity index (χ3v) is 3.27. The maximum atomic E-state index is 5.63. The van der Waals surface area contributed by atoms with Crippen LogP contribution in [0.5, 0.6) is 5.75 Å². The van der Waals surface area contributed by atoms with Gasteiger partial charge in [0.15, 0.2) is 5.82 Å². The number of nitrogens with zero attached hydrogens (tertiary/aromatic N) is 3. The van der Waals surface area contributed by atoms with E-state index in [1.54, 1.807) is 10.9 Å². The Kier molecular flexibility index (Phi) is 5.68. The average Bonchev–Trinajstić information content (AvgIpc) is 2.87. The first-order valence-corrected chi connectivity index (χ1v) is 7.59. The summed E-state index contributed by atoms with van der Waals surface area (Å²) in [5, 5.41) is 11.2. The summed E-state index contributed by atoms with van der Waals surface area (Å²) in [4.78, 5) is 0. The molecule has 0 saturated heterocycles. The molecule has 2 rings (SSSR count). The van der Waals surface area contributed by atoms with Crippen molar-refractivity contribution in [3.05, 3.63) is 40.4 Å². The summed E-state index contributed by atoms with van der Waals surface area (Å²) < 4.78 is 7.77. The lowest BCUT2D eigenvalue weighted by molar-refractivity contribution is 0.309. The third kappa shape index (κ3) is 4.26. The van der Waals surface area contributed by atoms with Crippen LogP contribution in [0.25, 0.3) is 0 Å². The van der Waals surface area contributed by atoms with Gasteiger partial charge < -0.3 is 4.74 Å². The molecule has 2 aromatic rings. The van der Waals surface area contributed by atoms with Gasteiger partial charge in [-0.1, -0.05) is 20.3 Å². The van der Waals surface area contributed by atoms with Crippen molar-refractivity contribution in [2.45, 2.75) is 33.1 Å². The summed E-state index contributed by atoms with van der Waals surface area (Å²) in [7, 11) is 0. The van der Waals surface area contributed by atoms with Crippen LogP contribution in [-0.4, -0.2) is 27.7 Å². The van der Waals surface area contributed by atoms with Crippen molar-refractivity contribution < 1.29 is 4.74 Å². The first-order chi connectivity index (χ1) is 10.2. The molecular formula is C15H20N4OS. The molecule has 0 unspecified atom stereocenters. The Bertz CT molecular complexity index is 642. The molecular weight excluding hydrogens is 284 g/mol. The molecule has 1 aromatic heterocycles. The average molecular weight is 304 g/mol. The highest BCUT2D eigenvalue weighted by atomic mass is 32.1. The second-order valence-electron chi connectivity index (χ2n) is 4.63. The molecule has 0 saturated carbocycles. The van der Waals surface area contributed by atoms with Gasteiger partial charge in [0.05, 0.1) is 12.8 Å². The fraction of sp³-hybridized carbons (Fsp3) is 0.400. The van der Waals surface area contributed by atoms with Crippen molar-refractivity contribution in [3.8, 4) is 5.75 Å². The summed E-state index contributed by atoms with van der Waals surface area (Å²) in [5.74, 6) is 1.70. The van der Waals surface area contributed by atoms with Gasteiger partial charge in [-0.25, -0.2) is 0 Å². The minimum absolute atomic E-state index is 0.502. The van der Waals surface area contributed by atoms with Crippen molar-refractivity contribution in [2.24, 2.45) is 5.10 Å². The number of unbranched alkanes of at least 4 members (excludes halogenated alkanes) is 1. The van der Waals surface area contributed by atoms with Gasteiger partial charge in [-0.15, -0.1) is 0 Å². The zero-order valence-corrected chi connectivity index (χ0v) is 13.2. The Morgan fingerprint density at radius 2 is 2.10 bits per heavy atom. The Hall–Kier alpha value is -1.95. The van der Waals surface area contributed by atoms with Gasteiger partial charge in [0.25, 0.3) is 0 Å². The summed E-state index contributed by atoms with van der Waals surface area (Å²) in [6.45, 7) is 4.92. The van der Waals surface area contributed by atoms with E-state index < -0.39 is 0 Å². The van der Waals surface area contributed by atoms with Gasteiger partial charge in [0.2, 0.25) is 4.77 Å². The molecule has 21 heavy (non-hydrogen) atoms. The van der Waals surface area contributed by atoms with E-state index in [2.05, 4.69) is 22.2 Å². The van der Waals surface area contributed by atoms with Crippen molar-refractivity contribution in [3.63, 3.8) is 0 Å². The highest BCUT2D eigenvalue weighted by Gasteiger charge is 2.01. The van der Waals surface area contributed by atoms with E-state index in [0.717, 1.165) is 43.0 Å². The SMILES string of the molecule is CCCCOc1ccc(/C=N/n2c(CC)n[nH]c2=S)cc1. The van der Waals surface area contributed by atoms with Gasteiger partial charge >= 0.3 is 0 Å². The maximum Gasteiger partial charge on any atom is 0.216 e. The van der Waals surface area contributed by atoms with E-state index in [9.17, 15) is 0 Å². The maximum absolute atomic E-state index is 5.63. The fourth-order valence-electron chi connectivity index (χ4n) is 1.78. The highest BCUT2D eigenvalue weighted by molar-refractivity contribution is 7.71. The molecule has 0 bridgehead atoms. The van der Waals surface area contributed by atoms with Crippen molar-refractivity contribution >= 4 is 18.4 Å². The molecule has 0 aliphatic rings. The van der Waals surface area contributed by atoms with Crippen molar-refractivity contribution in [1.29, 1.82) is 0 Å². The molecule has 0 radical (unpaired) electrons. The number of benzene rings is 1. The van der Waals surface area contributed by atoms with Crippen LogP contribution >= 0.6 is 12.2 Å². The van der Waals surface area contributed by atoms with E-state index >= 15 is 0 Å². The van der Waals surface area contributed by atoms with E-state index in [-0.39, 0.29) is 0 Å². The van der Waals surface area contributed by atoms with Gasteiger partial charge in [-0.3, -0.25) is 5.10 Å². The van der Waals surface area contributed by atoms with E-state index in [1.165, 1.54) is 0 Å². The van der Waals surface area contributed by atoms with Crippen molar-refractivity contribution in [2.75, 3.05) is 6.61 Å². The number of aryl methyl sites for hydroxylation is 1. The molecule has 0 atom stereocenters. The number of H-pyrrole nitrogens is 1. The summed E-state index contributed by atoms with van der Waals surface area (Å²) in [5.41, 5.74) is 0.989. The van der Waals surface area contributed by atoms with Crippen LogP contribution in [0.3, 0.4) is 0 Å². The van der Waals surface area contributed by atoms with E-state index in [4.69, 9.17) is 17.0 Å². The molecule has 0 amide bonds. The Labute approximate surface area is 129 Å². The summed E-state index contributed by atoms with van der Waals surface area (Å²) >= 11 is 5.15. The molecule has 1 N–H and O–H groups in total. The van der Waals surface area contributed by atoms with Crippen LogP contribution in [0, 0.1) is 4.77 Å². The monoisotopic (exact) mass is 304 g/mol. The quantitative estimate of drug-likeness (QED) is 0.483. The fourth-order valence-corrected chi connectivity index (χ4v) is 1.98. The van der Waals surface area contributed by atoms with Crippen LogP contribution in [0.2, 0.25) is 0 Å². The number of hydrogen-bond acceptors (Lipinski definition) is 4. The molecule has 1 aromatic carbocycles. The lowest BCUT2D eigenvalue weighted by atomic mass is 10.2. The van der Waals surface area contributed by atoms with Gasteiger partial charge in [0.1, 0.15) is 5.75 Å². The van der Waals surface area contributed by atoms with Crippen LogP contribution in [0.4, 0.5) is 0 Å². The minimum atomic E-state index is 0.502. The number of rotatable bonds is 7. The lowest BCUT2D eigenvalue weighted by Gasteiger charge is -2.04. The molecule has 0 aliphatic carbocycles.